The van der Waals surface area contributed by atoms with Crippen LogP contribution in [0.25, 0.3) is 0 Å². The van der Waals surface area contributed by atoms with E-state index in [1.807, 2.05) is 60.7 Å². The van der Waals surface area contributed by atoms with Crippen molar-refractivity contribution in [2.45, 2.75) is 44.4 Å². The van der Waals surface area contributed by atoms with Gasteiger partial charge in [-0.1, -0.05) is 60.7 Å². The number of ether oxygens (including phenoxy) is 3. The summed E-state index contributed by atoms with van der Waals surface area (Å²) in [6.45, 7) is 1.84. The number of rotatable bonds is 9. The Morgan fingerprint density at radius 3 is 2.00 bits per heavy atom. The molecular weight excluding hydrogens is 472 g/mol. The van der Waals surface area contributed by atoms with Gasteiger partial charge < -0.3 is 24.0 Å². The third-order valence-electron chi connectivity index (χ3n) is 6.75. The first-order chi connectivity index (χ1) is 18.0. The second-order valence-corrected chi connectivity index (χ2v) is 9.09. The molecule has 2 heterocycles. The van der Waals surface area contributed by atoms with Gasteiger partial charge in [-0.3, -0.25) is 14.4 Å². The van der Waals surface area contributed by atoms with E-state index in [2.05, 4.69) is 0 Å². The summed E-state index contributed by atoms with van der Waals surface area (Å²) in [5, 5.41) is 0. The van der Waals surface area contributed by atoms with Crippen molar-refractivity contribution >= 4 is 23.5 Å². The molecule has 0 spiro atoms. The van der Waals surface area contributed by atoms with Gasteiger partial charge in [0.1, 0.15) is 11.8 Å². The van der Waals surface area contributed by atoms with E-state index in [4.69, 9.17) is 14.2 Å². The zero-order valence-electron chi connectivity index (χ0n) is 20.7. The first-order valence-electron chi connectivity index (χ1n) is 12.1. The highest BCUT2D eigenvalue weighted by molar-refractivity contribution is 6.06. The van der Waals surface area contributed by atoms with Gasteiger partial charge in [-0.2, -0.15) is 0 Å². The normalized spacial score (nSPS) is 22.8. The predicted octanol–water partition coefficient (Wildman–Crippen LogP) is 3.34. The monoisotopic (exact) mass is 500 g/mol. The van der Waals surface area contributed by atoms with E-state index < -0.39 is 30.3 Å². The average molecular weight is 501 g/mol. The maximum Gasteiger partial charge on any atom is 0.303 e. The SMILES string of the molecule is COc1ccc(N2C(=O)[C@H](OCc3ccccc3)[C@@H]2[C@H]2[C@@H](OC(C)=O)C(=O)N2Cc2ccccc2)cc1. The summed E-state index contributed by atoms with van der Waals surface area (Å²) in [5.74, 6) is -0.398. The van der Waals surface area contributed by atoms with Crippen LogP contribution >= 0.6 is 0 Å². The molecular formula is C29H28N2O6. The zero-order chi connectivity index (χ0) is 25.9. The van der Waals surface area contributed by atoms with Crippen LogP contribution in [-0.4, -0.2) is 54.1 Å². The van der Waals surface area contributed by atoms with Crippen LogP contribution in [0, 0.1) is 0 Å². The van der Waals surface area contributed by atoms with Gasteiger partial charge >= 0.3 is 5.97 Å². The van der Waals surface area contributed by atoms with E-state index in [9.17, 15) is 14.4 Å². The lowest BCUT2D eigenvalue weighted by atomic mass is 9.80. The molecule has 190 valence electrons. The van der Waals surface area contributed by atoms with Gasteiger partial charge in [-0.25, -0.2) is 0 Å². The van der Waals surface area contributed by atoms with Crippen LogP contribution in [0.15, 0.2) is 84.9 Å². The smallest absolute Gasteiger partial charge is 0.303 e. The fourth-order valence-corrected chi connectivity index (χ4v) is 4.95. The van der Waals surface area contributed by atoms with Crippen molar-refractivity contribution in [3.8, 4) is 5.75 Å². The van der Waals surface area contributed by atoms with Crippen LogP contribution in [0.4, 0.5) is 5.69 Å². The molecule has 8 nitrogen and oxygen atoms in total. The number of methoxy groups -OCH3 is 1. The summed E-state index contributed by atoms with van der Waals surface area (Å²) in [7, 11) is 1.57. The van der Waals surface area contributed by atoms with Crippen molar-refractivity contribution in [2.24, 2.45) is 0 Å². The molecule has 2 aliphatic heterocycles. The van der Waals surface area contributed by atoms with Gasteiger partial charge in [0.25, 0.3) is 11.8 Å². The van der Waals surface area contributed by atoms with E-state index in [0.717, 1.165) is 11.1 Å². The molecule has 3 aromatic rings. The maximum atomic E-state index is 13.4. The number of esters is 1. The molecule has 37 heavy (non-hydrogen) atoms. The summed E-state index contributed by atoms with van der Waals surface area (Å²) < 4.78 is 16.9. The largest absolute Gasteiger partial charge is 0.497 e. The fourth-order valence-electron chi connectivity index (χ4n) is 4.95. The maximum absolute atomic E-state index is 13.4. The lowest BCUT2D eigenvalue weighted by Gasteiger charge is -2.57. The van der Waals surface area contributed by atoms with Crippen LogP contribution in [0.1, 0.15) is 18.1 Å². The highest BCUT2D eigenvalue weighted by atomic mass is 16.6. The molecule has 3 aromatic carbocycles. The van der Waals surface area contributed by atoms with E-state index in [0.29, 0.717) is 18.0 Å². The molecule has 2 aliphatic rings. The van der Waals surface area contributed by atoms with E-state index in [-0.39, 0.29) is 18.4 Å². The molecule has 0 bridgehead atoms. The number of carbonyl (C=O) groups is 3. The van der Waals surface area contributed by atoms with Crippen molar-refractivity contribution < 1.29 is 28.6 Å². The Morgan fingerprint density at radius 2 is 1.41 bits per heavy atom. The van der Waals surface area contributed by atoms with Crippen molar-refractivity contribution in [1.82, 2.24) is 4.90 Å². The third-order valence-corrected chi connectivity index (χ3v) is 6.75. The van der Waals surface area contributed by atoms with E-state index >= 15 is 0 Å². The Balaban J connectivity index is 1.47. The van der Waals surface area contributed by atoms with Gasteiger partial charge in [-0.15, -0.1) is 0 Å². The minimum absolute atomic E-state index is 0.216. The van der Waals surface area contributed by atoms with Crippen molar-refractivity contribution in [1.29, 1.82) is 0 Å². The molecule has 5 rings (SSSR count). The summed E-state index contributed by atoms with van der Waals surface area (Å²) in [5.41, 5.74) is 2.51. The van der Waals surface area contributed by atoms with Crippen LogP contribution in [-0.2, 0) is 37.0 Å². The minimum Gasteiger partial charge on any atom is -0.497 e. The Kier molecular flexibility index (Phi) is 6.92. The lowest BCUT2D eigenvalue weighted by Crippen LogP contribution is -2.81. The van der Waals surface area contributed by atoms with E-state index in [1.165, 1.54) is 6.92 Å². The zero-order valence-corrected chi connectivity index (χ0v) is 20.7. The number of nitrogens with zero attached hydrogens (tertiary/aromatic N) is 2. The number of hydrogen-bond donors (Lipinski definition) is 0. The lowest BCUT2D eigenvalue weighted by molar-refractivity contribution is -0.192. The molecule has 2 amide bonds. The molecule has 0 unspecified atom stereocenters. The Bertz CT molecular complexity index is 1260. The van der Waals surface area contributed by atoms with Gasteiger partial charge in [0.2, 0.25) is 6.10 Å². The third kappa shape index (κ3) is 4.80. The molecule has 0 aromatic heterocycles. The first-order valence-corrected chi connectivity index (χ1v) is 12.1. The molecule has 0 saturated carbocycles. The highest BCUT2D eigenvalue weighted by Crippen LogP contribution is 2.41. The number of anilines is 1. The Hall–Kier alpha value is -4.17. The Morgan fingerprint density at radius 1 is 0.784 bits per heavy atom. The van der Waals surface area contributed by atoms with Gasteiger partial charge in [0, 0.05) is 19.2 Å². The predicted molar refractivity (Wildman–Crippen MR) is 136 cm³/mol. The number of carbonyl (C=O) groups excluding carboxylic acids is 3. The second kappa shape index (κ2) is 10.4. The quantitative estimate of drug-likeness (QED) is 0.331. The fraction of sp³-hybridized carbons (Fsp3) is 0.276. The van der Waals surface area contributed by atoms with E-state index in [1.54, 1.807) is 41.2 Å². The van der Waals surface area contributed by atoms with Crippen LogP contribution in [0.5, 0.6) is 5.75 Å². The average Bonchev–Trinajstić information content (AvgIpc) is 2.92. The standard InChI is InChI=1S/C29H28N2O6/c1-19(32)37-27-24(30(28(27)33)17-20-9-5-3-6-10-20)25-26(36-18-21-11-7-4-8-12-21)29(34)31(25)22-13-15-23(35-2)16-14-22/h3-16,24-27H,17-18H2,1-2H3/t24-,25-,26+,27+/m0/s1. The van der Waals surface area contributed by atoms with Gasteiger partial charge in [-0.05, 0) is 35.4 Å². The number of likely N-dealkylation sites (tertiary alicyclic amines) is 1. The van der Waals surface area contributed by atoms with Crippen molar-refractivity contribution in [3.63, 3.8) is 0 Å². The van der Waals surface area contributed by atoms with Crippen molar-refractivity contribution in [2.75, 3.05) is 12.0 Å². The molecule has 2 fully saturated rings. The summed E-state index contributed by atoms with van der Waals surface area (Å²) in [6.07, 6.45) is -1.81. The molecule has 0 N–H and O–H groups in total. The van der Waals surface area contributed by atoms with Crippen LogP contribution in [0.2, 0.25) is 0 Å². The summed E-state index contributed by atoms with van der Waals surface area (Å²) in [6, 6.07) is 25.2. The second-order valence-electron chi connectivity index (χ2n) is 9.09. The molecule has 0 radical (unpaired) electrons. The topological polar surface area (TPSA) is 85.4 Å². The number of hydrogen-bond acceptors (Lipinski definition) is 6. The first kappa shape index (κ1) is 24.5. The number of amides is 2. The van der Waals surface area contributed by atoms with Gasteiger partial charge in [0.15, 0.2) is 6.10 Å². The summed E-state index contributed by atoms with van der Waals surface area (Å²) >= 11 is 0. The molecule has 8 heteroatoms. The Labute approximate surface area is 215 Å². The molecule has 0 aliphatic carbocycles. The van der Waals surface area contributed by atoms with Crippen LogP contribution in [0.3, 0.4) is 0 Å². The summed E-state index contributed by atoms with van der Waals surface area (Å²) in [4.78, 5) is 41.7. The van der Waals surface area contributed by atoms with Crippen molar-refractivity contribution in [3.05, 3.63) is 96.1 Å². The molecule has 2 saturated heterocycles. The number of β-lactam (4-membered cyclic amide) rings is 2. The minimum atomic E-state index is -0.997. The van der Waals surface area contributed by atoms with Gasteiger partial charge in [0.05, 0.1) is 19.8 Å². The highest BCUT2D eigenvalue weighted by Gasteiger charge is 2.63. The number of benzene rings is 3. The van der Waals surface area contributed by atoms with Crippen LogP contribution < -0.4 is 9.64 Å². The molecule has 4 atom stereocenters.